The van der Waals surface area contributed by atoms with Gasteiger partial charge in [-0.25, -0.2) is 4.39 Å². The number of aromatic amines is 1. The summed E-state index contributed by atoms with van der Waals surface area (Å²) in [5, 5.41) is 0.947. The molecule has 3 rings (SSSR count). The fourth-order valence-electron chi connectivity index (χ4n) is 2.53. The third-order valence-electron chi connectivity index (χ3n) is 4.38. The van der Waals surface area contributed by atoms with Gasteiger partial charge in [0.05, 0.1) is 11.2 Å². The number of aryl methyl sites for hydroxylation is 1. The Labute approximate surface area is 118 Å². The van der Waals surface area contributed by atoms with Gasteiger partial charge in [0.25, 0.3) is 0 Å². The zero-order valence-electron chi connectivity index (χ0n) is 12.5. The van der Waals surface area contributed by atoms with Crippen LogP contribution >= 0.6 is 0 Å². The third-order valence-corrected chi connectivity index (χ3v) is 4.38. The monoisotopic (exact) mass is 275 g/mol. The van der Waals surface area contributed by atoms with Crippen LogP contribution in [0.4, 0.5) is 4.39 Å². The van der Waals surface area contributed by atoms with Gasteiger partial charge in [-0.3, -0.25) is 0 Å². The van der Waals surface area contributed by atoms with Crippen molar-refractivity contribution in [3.63, 3.8) is 0 Å². The second-order valence-corrected chi connectivity index (χ2v) is 6.50. The molecule has 0 aliphatic carbocycles. The minimum Gasteiger partial charge on any atom is -0.399 e. The Bertz CT molecular complexity index is 662. The highest BCUT2D eigenvalue weighted by Gasteiger charge is 2.52. The van der Waals surface area contributed by atoms with Crippen LogP contribution in [0.2, 0.25) is 0 Å². The van der Waals surface area contributed by atoms with Crippen LogP contribution in [0, 0.1) is 12.7 Å². The Morgan fingerprint density at radius 2 is 1.65 bits per heavy atom. The first-order valence-electron chi connectivity index (χ1n) is 6.84. The number of benzene rings is 1. The lowest BCUT2D eigenvalue weighted by Gasteiger charge is -2.32. The molecule has 0 bridgehead atoms. The number of rotatable bonds is 1. The van der Waals surface area contributed by atoms with Crippen molar-refractivity contribution in [2.45, 2.75) is 45.8 Å². The second-order valence-electron chi connectivity index (χ2n) is 6.50. The number of fused-ring (bicyclic) bond motifs is 1. The molecule has 5 heteroatoms. The van der Waals surface area contributed by atoms with E-state index < -0.39 is 18.3 Å². The first-order valence-corrected chi connectivity index (χ1v) is 6.84. The van der Waals surface area contributed by atoms with E-state index in [2.05, 4.69) is 4.98 Å². The molecule has 3 nitrogen and oxygen atoms in total. The highest BCUT2D eigenvalue weighted by atomic mass is 19.1. The van der Waals surface area contributed by atoms with Gasteiger partial charge in [-0.2, -0.15) is 0 Å². The summed E-state index contributed by atoms with van der Waals surface area (Å²) in [5.74, 6) is -0.288. The van der Waals surface area contributed by atoms with E-state index >= 15 is 0 Å². The van der Waals surface area contributed by atoms with Crippen molar-refractivity contribution in [1.29, 1.82) is 0 Å². The van der Waals surface area contributed by atoms with E-state index in [1.54, 1.807) is 0 Å². The number of nitrogens with one attached hydrogen (secondary N) is 1. The summed E-state index contributed by atoms with van der Waals surface area (Å²) in [4.78, 5) is 3.15. The van der Waals surface area contributed by atoms with Crippen LogP contribution < -0.4 is 5.46 Å². The summed E-state index contributed by atoms with van der Waals surface area (Å²) in [6, 6.07) is 4.99. The molecule has 0 radical (unpaired) electrons. The predicted octanol–water partition coefficient (Wildman–Crippen LogP) is 2.91. The fourth-order valence-corrected chi connectivity index (χ4v) is 2.53. The van der Waals surface area contributed by atoms with Gasteiger partial charge in [0.15, 0.2) is 0 Å². The molecule has 0 unspecified atom stereocenters. The first kappa shape index (κ1) is 13.6. The highest BCUT2D eigenvalue weighted by molar-refractivity contribution is 6.65. The van der Waals surface area contributed by atoms with Gasteiger partial charge >= 0.3 is 7.12 Å². The van der Waals surface area contributed by atoms with Crippen molar-refractivity contribution in [2.75, 3.05) is 0 Å². The van der Waals surface area contributed by atoms with E-state index in [0.717, 1.165) is 22.1 Å². The van der Waals surface area contributed by atoms with Gasteiger partial charge in [-0.15, -0.1) is 0 Å². The number of halogens is 1. The largest absolute Gasteiger partial charge is 0.495 e. The van der Waals surface area contributed by atoms with E-state index in [0.29, 0.717) is 0 Å². The molecule has 0 spiro atoms. The molecule has 20 heavy (non-hydrogen) atoms. The average Bonchev–Trinajstić information content (AvgIpc) is 2.75. The lowest BCUT2D eigenvalue weighted by atomic mass is 9.77. The standard InChI is InChI=1S/C15H19BFNO2/c1-9-6-11-12(7-10(17)8-13(11)18-9)16-19-14(2,3)15(4,5)20-16/h6-8,18H,1-5H3. The van der Waals surface area contributed by atoms with Gasteiger partial charge in [0.1, 0.15) is 5.82 Å². The van der Waals surface area contributed by atoms with Crippen molar-refractivity contribution < 1.29 is 13.7 Å². The van der Waals surface area contributed by atoms with Crippen LogP contribution in [0.3, 0.4) is 0 Å². The minimum atomic E-state index is -0.548. The van der Waals surface area contributed by atoms with Crippen LogP contribution in [0.25, 0.3) is 10.9 Å². The molecule has 1 saturated heterocycles. The summed E-state index contributed by atoms with van der Waals surface area (Å²) in [6.07, 6.45) is 0. The highest BCUT2D eigenvalue weighted by Crippen LogP contribution is 2.37. The van der Waals surface area contributed by atoms with Gasteiger partial charge in [0, 0.05) is 11.2 Å². The van der Waals surface area contributed by atoms with E-state index in [1.165, 1.54) is 12.1 Å². The molecule has 1 aromatic carbocycles. The zero-order valence-corrected chi connectivity index (χ0v) is 12.5. The molecular weight excluding hydrogens is 256 g/mol. The van der Waals surface area contributed by atoms with Crippen molar-refractivity contribution in [3.8, 4) is 0 Å². The Kier molecular flexibility index (Phi) is 2.79. The normalized spacial score (nSPS) is 20.8. The van der Waals surface area contributed by atoms with Gasteiger partial charge in [-0.1, -0.05) is 0 Å². The van der Waals surface area contributed by atoms with Crippen LogP contribution in [0.5, 0.6) is 0 Å². The van der Waals surface area contributed by atoms with Gasteiger partial charge in [-0.05, 0) is 63.7 Å². The molecule has 1 fully saturated rings. The van der Waals surface area contributed by atoms with E-state index in [1.807, 2.05) is 40.7 Å². The Morgan fingerprint density at radius 1 is 1.05 bits per heavy atom. The molecule has 0 saturated carbocycles. The number of hydrogen-bond acceptors (Lipinski definition) is 2. The van der Waals surface area contributed by atoms with Crippen LogP contribution in [-0.2, 0) is 9.31 Å². The molecule has 1 aromatic heterocycles. The SMILES string of the molecule is Cc1cc2c(B3OC(C)(C)C(C)(C)O3)cc(F)cc2[nH]1. The van der Waals surface area contributed by atoms with Crippen molar-refractivity contribution in [2.24, 2.45) is 0 Å². The molecular formula is C15H19BFNO2. The molecule has 2 aromatic rings. The maximum atomic E-state index is 13.8. The summed E-state index contributed by atoms with van der Waals surface area (Å²) in [6.45, 7) is 9.92. The minimum absolute atomic E-state index is 0.288. The molecule has 106 valence electrons. The summed E-state index contributed by atoms with van der Waals surface area (Å²) >= 11 is 0. The topological polar surface area (TPSA) is 34.2 Å². The second kappa shape index (κ2) is 4.09. The van der Waals surface area contributed by atoms with Crippen molar-refractivity contribution >= 4 is 23.5 Å². The van der Waals surface area contributed by atoms with Crippen LogP contribution in [0.15, 0.2) is 18.2 Å². The third kappa shape index (κ3) is 1.96. The molecule has 1 N–H and O–H groups in total. The molecule has 2 heterocycles. The molecule has 1 aliphatic heterocycles. The Hall–Kier alpha value is -1.33. The quantitative estimate of drug-likeness (QED) is 0.812. The first-order chi connectivity index (χ1) is 9.19. The Balaban J connectivity index is 2.12. The lowest BCUT2D eigenvalue weighted by molar-refractivity contribution is 0.00578. The molecule has 0 atom stereocenters. The van der Waals surface area contributed by atoms with E-state index in [4.69, 9.17) is 9.31 Å². The maximum Gasteiger partial charge on any atom is 0.495 e. The van der Waals surface area contributed by atoms with Gasteiger partial charge in [0.2, 0.25) is 0 Å². The zero-order chi connectivity index (χ0) is 14.7. The van der Waals surface area contributed by atoms with Crippen molar-refractivity contribution in [3.05, 3.63) is 29.7 Å². The van der Waals surface area contributed by atoms with Crippen molar-refractivity contribution in [1.82, 2.24) is 4.98 Å². The summed E-state index contributed by atoms with van der Waals surface area (Å²) in [7, 11) is -0.548. The molecule has 0 amide bonds. The maximum absolute atomic E-state index is 13.8. The summed E-state index contributed by atoms with van der Waals surface area (Å²) < 4.78 is 25.9. The number of H-pyrrole nitrogens is 1. The average molecular weight is 275 g/mol. The molecule has 1 aliphatic rings. The predicted molar refractivity (Wildman–Crippen MR) is 78.7 cm³/mol. The van der Waals surface area contributed by atoms with Gasteiger partial charge < -0.3 is 14.3 Å². The van der Waals surface area contributed by atoms with Crippen LogP contribution in [-0.4, -0.2) is 23.3 Å². The summed E-state index contributed by atoms with van der Waals surface area (Å²) in [5.41, 5.74) is 1.64. The Morgan fingerprint density at radius 3 is 2.25 bits per heavy atom. The van der Waals surface area contributed by atoms with E-state index in [9.17, 15) is 4.39 Å². The van der Waals surface area contributed by atoms with Crippen LogP contribution in [0.1, 0.15) is 33.4 Å². The smallest absolute Gasteiger partial charge is 0.399 e. The van der Waals surface area contributed by atoms with E-state index in [-0.39, 0.29) is 5.82 Å². The number of hydrogen-bond donors (Lipinski definition) is 1. The fraction of sp³-hybridized carbons (Fsp3) is 0.467. The number of aromatic nitrogens is 1. The lowest BCUT2D eigenvalue weighted by Crippen LogP contribution is -2.41.